The van der Waals surface area contributed by atoms with Gasteiger partial charge in [-0.05, 0) is 155 Å². The molecule has 0 fully saturated rings. The summed E-state index contributed by atoms with van der Waals surface area (Å²) in [6, 6.07) is 140. The van der Waals surface area contributed by atoms with Crippen LogP contribution in [0.25, 0.3) is 210 Å². The van der Waals surface area contributed by atoms with E-state index in [1.807, 2.05) is 12.1 Å². The first-order chi connectivity index (χ1) is 55.8. The van der Waals surface area contributed by atoms with Crippen molar-refractivity contribution >= 4 is 108 Å². The van der Waals surface area contributed by atoms with Crippen molar-refractivity contribution in [2.75, 3.05) is 0 Å². The maximum atomic E-state index is 5.31. The van der Waals surface area contributed by atoms with Gasteiger partial charge in [0.1, 0.15) is 0 Å². The minimum absolute atomic E-state index is 0.106. The van der Waals surface area contributed by atoms with E-state index in [9.17, 15) is 0 Å². The molecule has 0 atom stereocenters. The molecule has 0 saturated heterocycles. The molecule has 0 aliphatic heterocycles. The van der Waals surface area contributed by atoms with Gasteiger partial charge in [-0.15, -0.1) is 0 Å². The second kappa shape index (κ2) is 26.3. The van der Waals surface area contributed by atoms with Gasteiger partial charge in [-0.25, -0.2) is 19.9 Å². The molecule has 1 aliphatic rings. The van der Waals surface area contributed by atoms with E-state index in [4.69, 9.17) is 19.9 Å². The second-order valence-corrected chi connectivity index (χ2v) is 30.3. The maximum Gasteiger partial charge on any atom is 0.160 e. The molecule has 22 aromatic rings. The molecule has 0 radical (unpaired) electrons. The van der Waals surface area contributed by atoms with Crippen LogP contribution in [0.4, 0.5) is 0 Å². The van der Waals surface area contributed by atoms with Crippen LogP contribution < -0.4 is 0 Å². The van der Waals surface area contributed by atoms with E-state index in [-0.39, 0.29) is 5.41 Å². The van der Waals surface area contributed by atoms with E-state index in [0.29, 0.717) is 11.6 Å². The quantitative estimate of drug-likeness (QED) is 0.135. The summed E-state index contributed by atoms with van der Waals surface area (Å²) in [5.74, 6) is 1.40. The number of fused-ring (bicyclic) bond motifs is 23. The van der Waals surface area contributed by atoms with E-state index in [0.717, 1.165) is 67.5 Å². The Labute approximate surface area is 653 Å². The highest BCUT2D eigenvalue weighted by molar-refractivity contribution is 6.37. The van der Waals surface area contributed by atoms with Crippen LogP contribution in [-0.2, 0) is 5.41 Å². The van der Waals surface area contributed by atoms with Crippen molar-refractivity contribution in [3.63, 3.8) is 0 Å². The third-order valence-electron chi connectivity index (χ3n) is 23.6. The predicted octanol–water partition coefficient (Wildman–Crippen LogP) is 28.0. The molecule has 113 heavy (non-hydrogen) atoms. The zero-order chi connectivity index (χ0) is 74.8. The van der Waals surface area contributed by atoms with Crippen molar-refractivity contribution in [3.8, 4) is 101 Å². The van der Waals surface area contributed by atoms with Crippen LogP contribution in [0, 0.1) is 0 Å². The fourth-order valence-electron chi connectivity index (χ4n) is 18.2. The minimum atomic E-state index is -0.106. The Morgan fingerprint density at radius 2 is 0.584 bits per heavy atom. The molecule has 0 saturated carbocycles. The van der Waals surface area contributed by atoms with Gasteiger partial charge in [-0.2, -0.15) is 0 Å². The van der Waals surface area contributed by atoms with Gasteiger partial charge >= 0.3 is 0 Å². The molecule has 528 valence electrons. The summed E-state index contributed by atoms with van der Waals surface area (Å²) in [4.78, 5) is 20.9. The lowest BCUT2D eigenvalue weighted by Gasteiger charge is -2.22. The fourth-order valence-corrected chi connectivity index (χ4v) is 18.2. The van der Waals surface area contributed by atoms with Crippen LogP contribution >= 0.6 is 0 Å². The Kier molecular flexibility index (Phi) is 15.2. The monoisotopic (exact) mass is 1440 g/mol. The van der Waals surface area contributed by atoms with Gasteiger partial charge < -0.3 is 9.13 Å². The summed E-state index contributed by atoms with van der Waals surface area (Å²) in [5, 5.41) is 20.1. The second-order valence-electron chi connectivity index (χ2n) is 30.3. The minimum Gasteiger partial charge on any atom is -0.309 e. The van der Waals surface area contributed by atoms with Gasteiger partial charge in [0.05, 0.1) is 44.8 Å². The smallest absolute Gasteiger partial charge is 0.160 e. The predicted molar refractivity (Wildman–Crippen MR) is 473 cm³/mol. The third-order valence-corrected chi connectivity index (χ3v) is 23.6. The number of benzene rings is 18. The standard InChI is InChI=1S/C55H37N3.C52H33N3/c1-55(2)47-23-13-12-20-42(47)43-30-27-37(32-48(43)55)50-33-49(35-15-4-3-5-16-35)56-54(57-50)36-24-28-38(29-25-36)58-52-39-17-7-6-14-34(39)26-31-46(52)51-44-21-10-8-18-40(44)41-19-9-11-22-45(41)53(51)58;1-3-13-34(14-4-1)35-23-25-38(26-24-35)47-33-46(37-16-5-2-6-17-37)53-52(54-47)39-27-30-40(31-28-39)55-48-32-29-36-15-7-8-18-41(36)49(48)50-44-21-11-9-19-42(44)43-20-10-12-22-45(43)51(50)55/h3-33H,1-2H3;1-33H. The number of rotatable bonds is 9. The van der Waals surface area contributed by atoms with Crippen molar-refractivity contribution < 1.29 is 0 Å². The van der Waals surface area contributed by atoms with Gasteiger partial charge in [0, 0.05) is 87.9 Å². The van der Waals surface area contributed by atoms with Crippen molar-refractivity contribution in [2.24, 2.45) is 0 Å². The molecule has 4 heterocycles. The fraction of sp³-hybridized carbons (Fsp3) is 0.0280. The van der Waals surface area contributed by atoms with Gasteiger partial charge in [-0.1, -0.05) is 329 Å². The molecule has 0 spiro atoms. The molecule has 6 nitrogen and oxygen atoms in total. The molecule has 0 bridgehead atoms. The molecule has 6 heteroatoms. The third kappa shape index (κ3) is 10.7. The average molecular weight is 1440 g/mol. The molecule has 23 rings (SSSR count). The molecular formula is C107H70N6. The van der Waals surface area contributed by atoms with Crippen LogP contribution in [0.3, 0.4) is 0 Å². The molecule has 4 aromatic heterocycles. The highest BCUT2D eigenvalue weighted by Gasteiger charge is 2.36. The van der Waals surface area contributed by atoms with Crippen molar-refractivity contribution in [1.29, 1.82) is 0 Å². The van der Waals surface area contributed by atoms with Crippen LogP contribution in [0.2, 0.25) is 0 Å². The summed E-state index contributed by atoms with van der Waals surface area (Å²) in [5.41, 5.74) is 24.4. The normalized spacial score (nSPS) is 12.4. The Morgan fingerprint density at radius 1 is 0.212 bits per heavy atom. The van der Waals surface area contributed by atoms with Gasteiger partial charge in [0.15, 0.2) is 11.6 Å². The highest BCUT2D eigenvalue weighted by Crippen LogP contribution is 2.51. The Morgan fingerprint density at radius 3 is 1.15 bits per heavy atom. The van der Waals surface area contributed by atoms with Crippen LogP contribution in [0.1, 0.15) is 25.0 Å². The molecule has 1 aliphatic carbocycles. The Balaban J connectivity index is 0.000000138. The number of hydrogen-bond acceptors (Lipinski definition) is 4. The van der Waals surface area contributed by atoms with Crippen molar-refractivity contribution in [2.45, 2.75) is 19.3 Å². The zero-order valence-electron chi connectivity index (χ0n) is 62.1. The average Bonchev–Trinajstić information content (AvgIpc) is 1.57. The molecule has 0 amide bonds. The summed E-state index contributed by atoms with van der Waals surface area (Å²) in [6.07, 6.45) is 0. The van der Waals surface area contributed by atoms with E-state index in [1.165, 1.54) is 142 Å². The van der Waals surface area contributed by atoms with Gasteiger partial charge in [0.2, 0.25) is 0 Å². The lowest BCUT2D eigenvalue weighted by molar-refractivity contribution is 0.660. The van der Waals surface area contributed by atoms with Gasteiger partial charge in [0.25, 0.3) is 0 Å². The van der Waals surface area contributed by atoms with Crippen LogP contribution in [-0.4, -0.2) is 29.1 Å². The maximum absolute atomic E-state index is 5.31. The first-order valence-electron chi connectivity index (χ1n) is 38.8. The molecular weight excluding hydrogens is 1370 g/mol. The zero-order valence-corrected chi connectivity index (χ0v) is 62.1. The Bertz CT molecular complexity index is 7590. The lowest BCUT2D eigenvalue weighted by atomic mass is 9.82. The van der Waals surface area contributed by atoms with Crippen molar-refractivity contribution in [1.82, 2.24) is 29.1 Å². The first-order valence-corrected chi connectivity index (χ1v) is 38.8. The highest BCUT2D eigenvalue weighted by atomic mass is 15.0. The van der Waals surface area contributed by atoms with Gasteiger partial charge in [-0.3, -0.25) is 0 Å². The largest absolute Gasteiger partial charge is 0.309 e. The Hall–Kier alpha value is -14.7. The van der Waals surface area contributed by atoms with E-state index in [2.05, 4.69) is 399 Å². The molecule has 18 aromatic carbocycles. The molecule has 0 unspecified atom stereocenters. The number of hydrogen-bond donors (Lipinski definition) is 0. The summed E-state index contributed by atoms with van der Waals surface area (Å²) < 4.78 is 4.94. The lowest BCUT2D eigenvalue weighted by Crippen LogP contribution is -2.14. The van der Waals surface area contributed by atoms with E-state index in [1.54, 1.807) is 0 Å². The number of aromatic nitrogens is 6. The van der Waals surface area contributed by atoms with Crippen molar-refractivity contribution in [3.05, 3.63) is 399 Å². The van der Waals surface area contributed by atoms with E-state index >= 15 is 0 Å². The SMILES string of the molecule is CC1(C)c2ccccc2-c2ccc(-c3cc(-c4ccccc4)nc(-c4ccc(-n5c6c7ccccc7ccc6c6c7ccccc7c7ccccc7c65)cc4)n3)cc21.c1ccc(-c2ccc(-c3cc(-c4ccccc4)nc(-c4ccc(-n5c6ccc7ccccc7c6c6c7ccccc7c7ccccc7c65)cc4)n3)cc2)cc1. The summed E-state index contributed by atoms with van der Waals surface area (Å²) >= 11 is 0. The van der Waals surface area contributed by atoms with E-state index < -0.39 is 0 Å². The number of nitrogens with zero attached hydrogens (tertiary/aromatic N) is 6. The summed E-state index contributed by atoms with van der Waals surface area (Å²) in [7, 11) is 0. The topological polar surface area (TPSA) is 61.4 Å². The summed E-state index contributed by atoms with van der Waals surface area (Å²) in [6.45, 7) is 4.66. The molecule has 0 N–H and O–H groups in total. The first kappa shape index (κ1) is 65.4. The van der Waals surface area contributed by atoms with Crippen LogP contribution in [0.5, 0.6) is 0 Å². The van der Waals surface area contributed by atoms with Crippen LogP contribution in [0.15, 0.2) is 388 Å².